The molecule has 0 spiro atoms. The topological polar surface area (TPSA) is 64.8 Å². The zero-order valence-corrected chi connectivity index (χ0v) is 19.2. The van der Waals surface area contributed by atoms with E-state index in [2.05, 4.69) is 60.9 Å². The summed E-state index contributed by atoms with van der Waals surface area (Å²) in [6.45, 7) is 12.4. The van der Waals surface area contributed by atoms with Gasteiger partial charge in [0.2, 0.25) is 0 Å². The first-order valence-corrected chi connectivity index (χ1v) is 10.7. The highest BCUT2D eigenvalue weighted by Gasteiger charge is 2.30. The van der Waals surface area contributed by atoms with Gasteiger partial charge in [0.1, 0.15) is 0 Å². The van der Waals surface area contributed by atoms with Crippen LogP contribution in [0.5, 0.6) is 0 Å². The van der Waals surface area contributed by atoms with Gasteiger partial charge in [-0.15, -0.1) is 0 Å². The standard InChI is InChI=1S/C24H29ClN4O/c1-13-7-18(24(3,4)5)19(25)8-16(13)20-9-21(30)22(14(2)27-20)17-10-26-28-23(17)15-11-29(6)12-15/h7-10,15H,11-12H2,1-6H3,(H,26,28)(H,27,30). The maximum absolute atomic E-state index is 13.2. The Hall–Kier alpha value is -2.37. The van der Waals surface area contributed by atoms with Crippen molar-refractivity contribution in [2.75, 3.05) is 20.1 Å². The number of likely N-dealkylation sites (N-methyl/N-ethyl adjacent to an activating group) is 1. The second kappa shape index (κ2) is 7.40. The fourth-order valence-electron chi connectivity index (χ4n) is 4.40. The number of halogens is 1. The zero-order chi connectivity index (χ0) is 21.8. The molecule has 3 heterocycles. The Morgan fingerprint density at radius 1 is 1.13 bits per heavy atom. The van der Waals surface area contributed by atoms with Crippen molar-refractivity contribution in [2.45, 2.75) is 46.0 Å². The summed E-state index contributed by atoms with van der Waals surface area (Å²) in [6, 6.07) is 5.78. The number of hydrogen-bond donors (Lipinski definition) is 2. The highest BCUT2D eigenvalue weighted by atomic mass is 35.5. The van der Waals surface area contributed by atoms with E-state index in [1.165, 1.54) is 0 Å². The molecule has 1 aliphatic rings. The van der Waals surface area contributed by atoms with Gasteiger partial charge in [-0.1, -0.05) is 38.4 Å². The molecule has 3 aromatic rings. The van der Waals surface area contributed by atoms with Crippen LogP contribution in [0.3, 0.4) is 0 Å². The molecule has 0 amide bonds. The number of benzene rings is 1. The second-order valence-electron chi connectivity index (χ2n) is 9.55. The highest BCUT2D eigenvalue weighted by molar-refractivity contribution is 6.31. The van der Waals surface area contributed by atoms with Crippen LogP contribution in [0.15, 0.2) is 29.2 Å². The molecule has 2 N–H and O–H groups in total. The summed E-state index contributed by atoms with van der Waals surface area (Å²) >= 11 is 6.61. The van der Waals surface area contributed by atoms with E-state index in [1.807, 2.05) is 19.2 Å². The van der Waals surface area contributed by atoms with E-state index in [0.717, 1.165) is 57.4 Å². The van der Waals surface area contributed by atoms with Gasteiger partial charge < -0.3 is 9.88 Å². The summed E-state index contributed by atoms with van der Waals surface area (Å²) in [5, 5.41) is 8.13. The number of aromatic nitrogens is 3. The lowest BCUT2D eigenvalue weighted by atomic mass is 9.85. The summed E-state index contributed by atoms with van der Waals surface area (Å²) in [7, 11) is 2.09. The molecule has 1 aliphatic heterocycles. The quantitative estimate of drug-likeness (QED) is 0.619. The number of rotatable bonds is 3. The molecule has 5 nitrogen and oxygen atoms in total. The van der Waals surface area contributed by atoms with Crippen molar-refractivity contribution in [3.8, 4) is 22.4 Å². The fourth-order valence-corrected chi connectivity index (χ4v) is 4.85. The molecule has 1 aromatic carbocycles. The second-order valence-corrected chi connectivity index (χ2v) is 9.95. The van der Waals surface area contributed by atoms with Crippen molar-refractivity contribution in [2.24, 2.45) is 0 Å². The molecule has 0 unspecified atom stereocenters. The Labute approximate surface area is 182 Å². The zero-order valence-electron chi connectivity index (χ0n) is 18.5. The van der Waals surface area contributed by atoms with E-state index in [0.29, 0.717) is 11.5 Å². The van der Waals surface area contributed by atoms with Gasteiger partial charge in [0.05, 0.1) is 11.3 Å². The van der Waals surface area contributed by atoms with Gasteiger partial charge in [0.15, 0.2) is 5.43 Å². The minimum Gasteiger partial charge on any atom is -0.358 e. The molecule has 6 heteroatoms. The highest BCUT2D eigenvalue weighted by Crippen LogP contribution is 2.36. The van der Waals surface area contributed by atoms with Gasteiger partial charge in [-0.05, 0) is 43.5 Å². The summed E-state index contributed by atoms with van der Waals surface area (Å²) < 4.78 is 0. The molecule has 0 aliphatic carbocycles. The van der Waals surface area contributed by atoms with Crippen molar-refractivity contribution < 1.29 is 0 Å². The largest absolute Gasteiger partial charge is 0.358 e. The van der Waals surface area contributed by atoms with Crippen LogP contribution in [0.2, 0.25) is 5.02 Å². The Balaban J connectivity index is 1.78. The first kappa shape index (κ1) is 20.9. The number of nitrogens with one attached hydrogen (secondary N) is 2. The van der Waals surface area contributed by atoms with E-state index in [-0.39, 0.29) is 10.8 Å². The number of aryl methyl sites for hydroxylation is 2. The van der Waals surface area contributed by atoms with Crippen LogP contribution in [-0.4, -0.2) is 40.2 Å². The predicted octanol–water partition coefficient (Wildman–Crippen LogP) is 5.03. The summed E-state index contributed by atoms with van der Waals surface area (Å²) in [5.41, 5.74) is 7.29. The molecule has 0 bridgehead atoms. The third-order valence-electron chi connectivity index (χ3n) is 6.02. The number of hydrogen-bond acceptors (Lipinski definition) is 3. The fraction of sp³-hybridized carbons (Fsp3) is 0.417. The molecule has 30 heavy (non-hydrogen) atoms. The maximum atomic E-state index is 13.2. The van der Waals surface area contributed by atoms with Crippen LogP contribution in [0, 0.1) is 13.8 Å². The van der Waals surface area contributed by atoms with Gasteiger partial charge in [-0.2, -0.15) is 5.10 Å². The monoisotopic (exact) mass is 424 g/mol. The molecule has 1 fully saturated rings. The minimum absolute atomic E-state index is 0.00741. The average molecular weight is 425 g/mol. The van der Waals surface area contributed by atoms with Crippen molar-refractivity contribution in [1.82, 2.24) is 20.1 Å². The van der Waals surface area contributed by atoms with E-state index in [1.54, 1.807) is 6.07 Å². The third-order valence-corrected chi connectivity index (χ3v) is 6.33. The van der Waals surface area contributed by atoms with Crippen molar-refractivity contribution in [3.63, 3.8) is 0 Å². The number of likely N-dealkylation sites (tertiary alicyclic amines) is 1. The number of aromatic amines is 2. The van der Waals surface area contributed by atoms with Crippen molar-refractivity contribution >= 4 is 11.6 Å². The Bertz CT molecular complexity index is 1160. The molecule has 1 saturated heterocycles. The predicted molar refractivity (Wildman–Crippen MR) is 124 cm³/mol. The molecule has 2 aromatic heterocycles. The van der Waals surface area contributed by atoms with E-state index >= 15 is 0 Å². The SMILES string of the molecule is Cc1cc(C(C)(C)C)c(Cl)cc1-c1cc(=O)c(-c2c[nH]nc2C2CN(C)C2)c(C)[nH]1. The lowest BCUT2D eigenvalue weighted by Crippen LogP contribution is -2.42. The van der Waals surface area contributed by atoms with Gasteiger partial charge in [0.25, 0.3) is 0 Å². The van der Waals surface area contributed by atoms with Crippen molar-refractivity contribution in [3.05, 3.63) is 62.2 Å². The molecule has 0 saturated carbocycles. The van der Waals surface area contributed by atoms with Crippen molar-refractivity contribution in [1.29, 1.82) is 0 Å². The van der Waals surface area contributed by atoms with Gasteiger partial charge in [-0.25, -0.2) is 0 Å². The Morgan fingerprint density at radius 3 is 2.43 bits per heavy atom. The lowest BCUT2D eigenvalue weighted by molar-refractivity contribution is 0.187. The smallest absolute Gasteiger partial charge is 0.190 e. The lowest BCUT2D eigenvalue weighted by Gasteiger charge is -2.35. The maximum Gasteiger partial charge on any atom is 0.190 e. The van der Waals surface area contributed by atoms with Crippen LogP contribution in [0.25, 0.3) is 22.4 Å². The van der Waals surface area contributed by atoms with E-state index < -0.39 is 0 Å². The molecule has 0 atom stereocenters. The number of pyridine rings is 1. The average Bonchev–Trinajstić information content (AvgIpc) is 3.07. The van der Waals surface area contributed by atoms with Crippen LogP contribution >= 0.6 is 11.6 Å². The van der Waals surface area contributed by atoms with Crippen LogP contribution in [-0.2, 0) is 5.41 Å². The molecule has 4 rings (SSSR count). The number of H-pyrrole nitrogens is 2. The van der Waals surface area contributed by atoms with Gasteiger partial charge in [0, 0.05) is 58.8 Å². The summed E-state index contributed by atoms with van der Waals surface area (Å²) in [5.74, 6) is 0.362. The normalized spacial score (nSPS) is 15.4. The minimum atomic E-state index is -0.0408. The van der Waals surface area contributed by atoms with E-state index in [9.17, 15) is 4.79 Å². The van der Waals surface area contributed by atoms with Crippen LogP contribution in [0.1, 0.15) is 49.2 Å². The van der Waals surface area contributed by atoms with E-state index in [4.69, 9.17) is 11.6 Å². The van der Waals surface area contributed by atoms with Crippen LogP contribution < -0.4 is 5.43 Å². The number of nitrogens with zero attached hydrogens (tertiary/aromatic N) is 2. The van der Waals surface area contributed by atoms with Crippen LogP contribution in [0.4, 0.5) is 0 Å². The van der Waals surface area contributed by atoms with Gasteiger partial charge >= 0.3 is 0 Å². The van der Waals surface area contributed by atoms with Gasteiger partial charge in [-0.3, -0.25) is 9.89 Å². The molecule has 0 radical (unpaired) electrons. The Kier molecular flexibility index (Phi) is 5.15. The Morgan fingerprint density at radius 2 is 1.83 bits per heavy atom. The summed E-state index contributed by atoms with van der Waals surface area (Å²) in [4.78, 5) is 18.9. The summed E-state index contributed by atoms with van der Waals surface area (Å²) in [6.07, 6.45) is 1.84. The first-order chi connectivity index (χ1) is 14.1. The molecular formula is C24H29ClN4O. The molecule has 158 valence electrons. The first-order valence-electron chi connectivity index (χ1n) is 10.3. The molecular weight excluding hydrogens is 396 g/mol. The third kappa shape index (κ3) is 3.61.